The van der Waals surface area contributed by atoms with E-state index >= 15 is 0 Å². The molecule has 0 aliphatic carbocycles. The summed E-state index contributed by atoms with van der Waals surface area (Å²) in [5.41, 5.74) is 4.02. The van der Waals surface area contributed by atoms with Gasteiger partial charge >= 0.3 is 6.18 Å². The van der Waals surface area contributed by atoms with Crippen LogP contribution in [-0.4, -0.2) is 36.1 Å². The first kappa shape index (κ1) is 15.0. The summed E-state index contributed by atoms with van der Waals surface area (Å²) in [4.78, 5) is 6.67. The zero-order valence-electron chi connectivity index (χ0n) is 9.23. The molecule has 0 saturated heterocycles. The SMILES string of the molecule is CS(=O)(=O)CCSc1cc(C(F)(F)F)nc(N)n1. The van der Waals surface area contributed by atoms with Gasteiger partial charge in [-0.05, 0) is 0 Å². The largest absolute Gasteiger partial charge is 0.433 e. The molecule has 1 rings (SSSR count). The van der Waals surface area contributed by atoms with Crippen LogP contribution in [0.15, 0.2) is 11.1 Å². The second-order valence-electron chi connectivity index (χ2n) is 3.43. The number of anilines is 1. The summed E-state index contributed by atoms with van der Waals surface area (Å²) in [6.07, 6.45) is -3.56. The van der Waals surface area contributed by atoms with E-state index in [4.69, 9.17) is 5.73 Å². The van der Waals surface area contributed by atoms with Crippen LogP contribution in [0.3, 0.4) is 0 Å². The zero-order valence-corrected chi connectivity index (χ0v) is 10.9. The Balaban J connectivity index is 2.81. The van der Waals surface area contributed by atoms with Crippen molar-refractivity contribution >= 4 is 27.5 Å². The molecule has 1 aromatic rings. The maximum atomic E-state index is 12.4. The predicted molar refractivity (Wildman–Crippen MR) is 61.9 cm³/mol. The second kappa shape index (κ2) is 5.31. The lowest BCUT2D eigenvalue weighted by molar-refractivity contribution is -0.141. The quantitative estimate of drug-likeness (QED) is 0.664. The molecule has 0 aliphatic rings. The number of aromatic nitrogens is 2. The first-order valence-electron chi connectivity index (χ1n) is 4.60. The Bertz CT molecular complexity index is 531. The minimum absolute atomic E-state index is 0.00141. The number of sulfone groups is 1. The Morgan fingerprint density at radius 2 is 2.00 bits per heavy atom. The van der Waals surface area contributed by atoms with Crippen molar-refractivity contribution in [3.8, 4) is 0 Å². The van der Waals surface area contributed by atoms with Gasteiger partial charge in [-0.3, -0.25) is 0 Å². The summed E-state index contributed by atoms with van der Waals surface area (Å²) in [6.45, 7) is 0. The van der Waals surface area contributed by atoms with Crippen LogP contribution < -0.4 is 5.73 Å². The number of rotatable bonds is 4. The van der Waals surface area contributed by atoms with Crippen LogP contribution in [0.1, 0.15) is 5.69 Å². The molecule has 102 valence electrons. The van der Waals surface area contributed by atoms with Crippen LogP contribution >= 0.6 is 11.8 Å². The lowest BCUT2D eigenvalue weighted by Gasteiger charge is -2.08. The molecule has 0 unspecified atom stereocenters. The van der Waals surface area contributed by atoms with Crippen molar-refractivity contribution in [1.82, 2.24) is 9.97 Å². The van der Waals surface area contributed by atoms with Crippen LogP contribution in [0.4, 0.5) is 19.1 Å². The number of nitrogen functional groups attached to an aromatic ring is 1. The van der Waals surface area contributed by atoms with E-state index in [9.17, 15) is 21.6 Å². The average Bonchev–Trinajstić information content (AvgIpc) is 2.13. The molecule has 0 bridgehead atoms. The van der Waals surface area contributed by atoms with Gasteiger partial charge in [0, 0.05) is 18.1 Å². The smallest absolute Gasteiger partial charge is 0.368 e. The molecule has 18 heavy (non-hydrogen) atoms. The minimum Gasteiger partial charge on any atom is -0.368 e. The fourth-order valence-electron chi connectivity index (χ4n) is 0.960. The lowest BCUT2D eigenvalue weighted by Crippen LogP contribution is -2.11. The Hall–Kier alpha value is -1.03. The molecule has 0 aliphatic heterocycles. The molecular formula is C8H10F3N3O2S2. The Labute approximate surface area is 106 Å². The Kier molecular flexibility index (Phi) is 4.43. The van der Waals surface area contributed by atoms with E-state index in [1.54, 1.807) is 0 Å². The van der Waals surface area contributed by atoms with Crippen molar-refractivity contribution in [2.75, 3.05) is 23.5 Å². The highest BCUT2D eigenvalue weighted by Gasteiger charge is 2.33. The van der Waals surface area contributed by atoms with Gasteiger partial charge in [0.2, 0.25) is 5.95 Å². The molecule has 0 amide bonds. The molecule has 10 heteroatoms. The maximum absolute atomic E-state index is 12.4. The summed E-state index contributed by atoms with van der Waals surface area (Å²) in [5, 5.41) is -0.00141. The number of hydrogen-bond acceptors (Lipinski definition) is 6. The maximum Gasteiger partial charge on any atom is 0.433 e. The summed E-state index contributed by atoms with van der Waals surface area (Å²) < 4.78 is 59.0. The van der Waals surface area contributed by atoms with Crippen molar-refractivity contribution < 1.29 is 21.6 Å². The molecule has 0 spiro atoms. The predicted octanol–water partition coefficient (Wildman–Crippen LogP) is 1.21. The third kappa shape index (κ3) is 5.08. The number of nitrogens with two attached hydrogens (primary N) is 1. The van der Waals surface area contributed by atoms with Crippen molar-refractivity contribution in [2.24, 2.45) is 0 Å². The normalized spacial score (nSPS) is 12.7. The van der Waals surface area contributed by atoms with Gasteiger partial charge in [-0.1, -0.05) is 0 Å². The van der Waals surface area contributed by atoms with Crippen molar-refractivity contribution in [1.29, 1.82) is 0 Å². The van der Waals surface area contributed by atoms with E-state index in [1.807, 2.05) is 0 Å². The van der Waals surface area contributed by atoms with Gasteiger partial charge < -0.3 is 5.73 Å². The van der Waals surface area contributed by atoms with E-state index in [0.29, 0.717) is 0 Å². The van der Waals surface area contributed by atoms with Gasteiger partial charge in [-0.2, -0.15) is 13.2 Å². The van der Waals surface area contributed by atoms with E-state index in [2.05, 4.69) is 9.97 Å². The Morgan fingerprint density at radius 3 is 2.50 bits per heavy atom. The summed E-state index contributed by atoms with van der Waals surface area (Å²) in [7, 11) is -3.16. The molecule has 0 atom stereocenters. The second-order valence-corrected chi connectivity index (χ2v) is 6.80. The average molecular weight is 301 g/mol. The van der Waals surface area contributed by atoms with E-state index in [-0.39, 0.29) is 16.5 Å². The van der Waals surface area contributed by atoms with Gasteiger partial charge in [0.1, 0.15) is 14.9 Å². The third-order valence-corrected chi connectivity index (χ3v) is 3.83. The molecule has 1 heterocycles. The molecular weight excluding hydrogens is 291 g/mol. The van der Waals surface area contributed by atoms with Gasteiger partial charge in [-0.15, -0.1) is 11.8 Å². The standard InChI is InChI=1S/C8H10F3N3O2S2/c1-18(15,16)3-2-17-6-4-5(8(9,10)11)13-7(12)14-6/h4H,2-3H2,1H3,(H2,12,13,14). The van der Waals surface area contributed by atoms with Crippen molar-refractivity contribution in [3.63, 3.8) is 0 Å². The van der Waals surface area contributed by atoms with Crippen LogP contribution in [0.2, 0.25) is 0 Å². The molecule has 5 nitrogen and oxygen atoms in total. The van der Waals surface area contributed by atoms with E-state index in [1.165, 1.54) is 0 Å². The fourth-order valence-corrected chi connectivity index (χ4v) is 3.07. The highest BCUT2D eigenvalue weighted by Crippen LogP contribution is 2.30. The Morgan fingerprint density at radius 1 is 1.39 bits per heavy atom. The molecule has 0 saturated carbocycles. The van der Waals surface area contributed by atoms with Crippen molar-refractivity contribution in [2.45, 2.75) is 11.2 Å². The summed E-state index contributed by atoms with van der Waals surface area (Å²) >= 11 is 0.881. The number of alkyl halides is 3. The zero-order chi connectivity index (χ0) is 14.0. The first-order chi connectivity index (χ1) is 8.08. The molecule has 0 fully saturated rings. The van der Waals surface area contributed by atoms with E-state index < -0.39 is 27.7 Å². The van der Waals surface area contributed by atoms with E-state index in [0.717, 1.165) is 24.1 Å². The first-order valence-corrected chi connectivity index (χ1v) is 7.65. The minimum atomic E-state index is -4.61. The third-order valence-electron chi connectivity index (χ3n) is 1.71. The molecule has 1 aromatic heterocycles. The highest BCUT2D eigenvalue weighted by molar-refractivity contribution is 8.00. The van der Waals surface area contributed by atoms with Crippen LogP contribution in [-0.2, 0) is 16.0 Å². The van der Waals surface area contributed by atoms with Gasteiger partial charge in [0.05, 0.1) is 5.75 Å². The topological polar surface area (TPSA) is 85.9 Å². The fraction of sp³-hybridized carbons (Fsp3) is 0.500. The van der Waals surface area contributed by atoms with Crippen LogP contribution in [0, 0.1) is 0 Å². The monoisotopic (exact) mass is 301 g/mol. The van der Waals surface area contributed by atoms with Crippen molar-refractivity contribution in [3.05, 3.63) is 11.8 Å². The summed E-state index contributed by atoms with van der Waals surface area (Å²) in [5.74, 6) is -0.540. The molecule has 0 aromatic carbocycles. The number of hydrogen-bond donors (Lipinski definition) is 1. The molecule has 2 N–H and O–H groups in total. The van der Waals surface area contributed by atoms with Gasteiger partial charge in [-0.25, -0.2) is 18.4 Å². The van der Waals surface area contributed by atoms with Gasteiger partial charge in [0.25, 0.3) is 0 Å². The summed E-state index contributed by atoms with van der Waals surface area (Å²) in [6, 6.07) is 0.739. The number of halogens is 3. The number of nitrogens with zero attached hydrogens (tertiary/aromatic N) is 2. The highest BCUT2D eigenvalue weighted by atomic mass is 32.2. The van der Waals surface area contributed by atoms with Gasteiger partial charge in [0.15, 0.2) is 5.69 Å². The van der Waals surface area contributed by atoms with Crippen LogP contribution in [0.25, 0.3) is 0 Å². The lowest BCUT2D eigenvalue weighted by atomic mass is 10.4. The number of thioether (sulfide) groups is 1. The van der Waals surface area contributed by atoms with Crippen LogP contribution in [0.5, 0.6) is 0 Å². The molecule has 0 radical (unpaired) electrons.